The summed E-state index contributed by atoms with van der Waals surface area (Å²) < 4.78 is 5.80. The molecule has 1 amide bonds. The Morgan fingerprint density at radius 3 is 2.61 bits per heavy atom. The Labute approximate surface area is 143 Å². The van der Waals surface area contributed by atoms with Crippen molar-refractivity contribution < 1.29 is 14.3 Å². The van der Waals surface area contributed by atoms with Crippen LogP contribution in [0.25, 0.3) is 6.08 Å². The standard InChI is InChI=1S/C18H16BrNO3/c1-13-7-9-15(11-16(13)19)20-17(21)12-23-18(22)10-8-14-5-3-2-4-6-14/h2-11H,12H2,1H3,(H,20,21)/b10-8+. The Bertz CT molecular complexity index is 726. The number of carbonyl (C=O) groups excluding carboxylic acids is 2. The molecule has 23 heavy (non-hydrogen) atoms. The fraction of sp³-hybridized carbons (Fsp3) is 0.111. The Morgan fingerprint density at radius 1 is 1.17 bits per heavy atom. The zero-order valence-corrected chi connectivity index (χ0v) is 14.2. The number of hydrogen-bond donors (Lipinski definition) is 1. The molecule has 0 saturated carbocycles. The van der Waals surface area contributed by atoms with Gasteiger partial charge in [0.05, 0.1) is 0 Å². The maximum atomic E-state index is 11.8. The van der Waals surface area contributed by atoms with Gasteiger partial charge in [-0.1, -0.05) is 52.3 Å². The van der Waals surface area contributed by atoms with Crippen LogP contribution in [0.4, 0.5) is 5.69 Å². The first-order valence-corrected chi connectivity index (χ1v) is 7.80. The van der Waals surface area contributed by atoms with E-state index in [1.54, 1.807) is 18.2 Å². The molecule has 0 saturated heterocycles. The summed E-state index contributed by atoms with van der Waals surface area (Å²) in [4.78, 5) is 23.3. The second-order valence-electron chi connectivity index (χ2n) is 4.86. The van der Waals surface area contributed by atoms with Gasteiger partial charge in [0.25, 0.3) is 5.91 Å². The predicted molar refractivity (Wildman–Crippen MR) is 93.9 cm³/mol. The third-order valence-electron chi connectivity index (χ3n) is 3.01. The number of benzene rings is 2. The number of carbonyl (C=O) groups is 2. The van der Waals surface area contributed by atoms with Crippen molar-refractivity contribution in [3.8, 4) is 0 Å². The minimum atomic E-state index is -0.561. The first-order chi connectivity index (χ1) is 11.0. The topological polar surface area (TPSA) is 55.4 Å². The van der Waals surface area contributed by atoms with Crippen LogP contribution in [-0.2, 0) is 14.3 Å². The lowest BCUT2D eigenvalue weighted by Gasteiger charge is -2.07. The maximum absolute atomic E-state index is 11.8. The Kier molecular flexibility index (Phi) is 6.11. The van der Waals surface area contributed by atoms with Crippen LogP contribution in [0, 0.1) is 6.92 Å². The van der Waals surface area contributed by atoms with Crippen molar-refractivity contribution in [3.05, 3.63) is 70.2 Å². The molecule has 4 nitrogen and oxygen atoms in total. The van der Waals surface area contributed by atoms with Gasteiger partial charge in [0.2, 0.25) is 0 Å². The maximum Gasteiger partial charge on any atom is 0.331 e. The van der Waals surface area contributed by atoms with Crippen LogP contribution >= 0.6 is 15.9 Å². The molecule has 0 atom stereocenters. The first-order valence-electron chi connectivity index (χ1n) is 7.00. The van der Waals surface area contributed by atoms with E-state index in [9.17, 15) is 9.59 Å². The second kappa shape index (κ2) is 8.29. The molecule has 118 valence electrons. The second-order valence-corrected chi connectivity index (χ2v) is 5.72. The highest BCUT2D eigenvalue weighted by Crippen LogP contribution is 2.20. The van der Waals surface area contributed by atoms with Crippen LogP contribution in [0.3, 0.4) is 0 Å². The van der Waals surface area contributed by atoms with E-state index in [1.165, 1.54) is 6.08 Å². The molecule has 0 unspecified atom stereocenters. The number of amides is 1. The van der Waals surface area contributed by atoms with Gasteiger partial charge in [0.15, 0.2) is 6.61 Å². The van der Waals surface area contributed by atoms with E-state index in [-0.39, 0.29) is 12.5 Å². The first kappa shape index (κ1) is 17.0. The number of anilines is 1. The van der Waals surface area contributed by atoms with Crippen LogP contribution in [-0.4, -0.2) is 18.5 Å². The molecule has 5 heteroatoms. The van der Waals surface area contributed by atoms with Gasteiger partial charge in [0, 0.05) is 16.2 Å². The molecule has 0 radical (unpaired) electrons. The molecule has 0 spiro atoms. The van der Waals surface area contributed by atoms with E-state index in [1.807, 2.05) is 43.3 Å². The molecule has 0 fully saturated rings. The molecule has 1 N–H and O–H groups in total. The van der Waals surface area contributed by atoms with Gasteiger partial charge >= 0.3 is 5.97 Å². The summed E-state index contributed by atoms with van der Waals surface area (Å²) in [5.74, 6) is -0.948. The third kappa shape index (κ3) is 5.71. The highest BCUT2D eigenvalue weighted by molar-refractivity contribution is 9.10. The monoisotopic (exact) mass is 373 g/mol. The molecule has 2 aromatic rings. The number of halogens is 1. The lowest BCUT2D eigenvalue weighted by Crippen LogP contribution is -2.20. The van der Waals surface area contributed by atoms with E-state index in [2.05, 4.69) is 21.2 Å². The molecular weight excluding hydrogens is 358 g/mol. The lowest BCUT2D eigenvalue weighted by atomic mass is 10.2. The number of aryl methyl sites for hydroxylation is 1. The van der Waals surface area contributed by atoms with Crippen molar-refractivity contribution in [1.29, 1.82) is 0 Å². The van der Waals surface area contributed by atoms with Crippen molar-refractivity contribution in [1.82, 2.24) is 0 Å². The number of rotatable bonds is 5. The molecule has 0 aliphatic rings. The summed E-state index contributed by atoms with van der Waals surface area (Å²) in [5, 5.41) is 2.67. The van der Waals surface area contributed by atoms with Gasteiger partial charge in [-0.15, -0.1) is 0 Å². The van der Waals surface area contributed by atoms with Crippen molar-refractivity contribution in [3.63, 3.8) is 0 Å². The predicted octanol–water partition coefficient (Wildman–Crippen LogP) is 3.95. The molecule has 2 rings (SSSR count). The molecule has 0 bridgehead atoms. The van der Waals surface area contributed by atoms with Crippen LogP contribution in [0.5, 0.6) is 0 Å². The molecular formula is C18H16BrNO3. The average Bonchev–Trinajstić information content (AvgIpc) is 2.55. The molecule has 0 heterocycles. The van der Waals surface area contributed by atoms with Crippen LogP contribution < -0.4 is 5.32 Å². The van der Waals surface area contributed by atoms with Crippen LogP contribution in [0.2, 0.25) is 0 Å². The van der Waals surface area contributed by atoms with E-state index in [4.69, 9.17) is 4.74 Å². The SMILES string of the molecule is Cc1ccc(NC(=O)COC(=O)/C=C/c2ccccc2)cc1Br. The zero-order valence-electron chi connectivity index (χ0n) is 12.6. The summed E-state index contributed by atoms with van der Waals surface area (Å²) in [6.45, 7) is 1.62. The number of nitrogens with one attached hydrogen (secondary N) is 1. The summed E-state index contributed by atoms with van der Waals surface area (Å²) in [6.07, 6.45) is 2.93. The smallest absolute Gasteiger partial charge is 0.331 e. The van der Waals surface area contributed by atoms with E-state index in [0.29, 0.717) is 5.69 Å². The van der Waals surface area contributed by atoms with Crippen molar-refractivity contribution in [2.24, 2.45) is 0 Å². The van der Waals surface area contributed by atoms with Gasteiger partial charge in [-0.25, -0.2) is 4.79 Å². The Balaban J connectivity index is 1.80. The normalized spacial score (nSPS) is 10.5. The molecule has 0 aliphatic heterocycles. The van der Waals surface area contributed by atoms with E-state index in [0.717, 1.165) is 15.6 Å². The quantitative estimate of drug-likeness (QED) is 0.637. The largest absolute Gasteiger partial charge is 0.452 e. The number of ether oxygens (including phenoxy) is 1. The lowest BCUT2D eigenvalue weighted by molar-refractivity contribution is -0.142. The number of esters is 1. The zero-order chi connectivity index (χ0) is 16.7. The minimum absolute atomic E-state index is 0.330. The summed E-state index contributed by atoms with van der Waals surface area (Å²) >= 11 is 3.40. The van der Waals surface area contributed by atoms with Gasteiger partial charge in [-0.05, 0) is 36.3 Å². The molecule has 0 aliphatic carbocycles. The van der Waals surface area contributed by atoms with Gasteiger partial charge in [-0.3, -0.25) is 4.79 Å². The highest BCUT2D eigenvalue weighted by atomic mass is 79.9. The highest BCUT2D eigenvalue weighted by Gasteiger charge is 2.06. The van der Waals surface area contributed by atoms with Crippen molar-refractivity contribution in [2.45, 2.75) is 6.92 Å². The third-order valence-corrected chi connectivity index (χ3v) is 3.87. The van der Waals surface area contributed by atoms with Crippen molar-refractivity contribution >= 4 is 39.6 Å². The fourth-order valence-electron chi connectivity index (χ4n) is 1.78. The summed E-state index contributed by atoms with van der Waals surface area (Å²) in [6, 6.07) is 14.8. The van der Waals surface area contributed by atoms with Crippen LogP contribution in [0.1, 0.15) is 11.1 Å². The van der Waals surface area contributed by atoms with Crippen LogP contribution in [0.15, 0.2) is 59.1 Å². The minimum Gasteiger partial charge on any atom is -0.452 e. The molecule has 2 aromatic carbocycles. The van der Waals surface area contributed by atoms with E-state index >= 15 is 0 Å². The number of hydrogen-bond acceptors (Lipinski definition) is 3. The average molecular weight is 374 g/mol. The summed E-state index contributed by atoms with van der Waals surface area (Å²) in [7, 11) is 0. The fourth-order valence-corrected chi connectivity index (χ4v) is 2.16. The molecule has 0 aromatic heterocycles. The Morgan fingerprint density at radius 2 is 1.91 bits per heavy atom. The van der Waals surface area contributed by atoms with Gasteiger partial charge in [-0.2, -0.15) is 0 Å². The summed E-state index contributed by atoms with van der Waals surface area (Å²) in [5.41, 5.74) is 2.60. The Hall–Kier alpha value is -2.40. The van der Waals surface area contributed by atoms with Crippen molar-refractivity contribution in [2.75, 3.05) is 11.9 Å². The van der Waals surface area contributed by atoms with Gasteiger partial charge < -0.3 is 10.1 Å². The van der Waals surface area contributed by atoms with E-state index < -0.39 is 5.97 Å². The van der Waals surface area contributed by atoms with Gasteiger partial charge in [0.1, 0.15) is 0 Å².